The average Bonchev–Trinajstić information content (AvgIpc) is 3.46. The molecule has 2 aliphatic carbocycles. The van der Waals surface area contributed by atoms with Gasteiger partial charge in [-0.1, -0.05) is 31.4 Å². The third-order valence-corrected chi connectivity index (χ3v) is 7.86. The van der Waals surface area contributed by atoms with E-state index in [1.54, 1.807) is 11.3 Å². The van der Waals surface area contributed by atoms with Crippen LogP contribution >= 0.6 is 11.3 Å². The van der Waals surface area contributed by atoms with Crippen molar-refractivity contribution in [2.24, 2.45) is 17.8 Å². The van der Waals surface area contributed by atoms with E-state index in [9.17, 15) is 4.79 Å². The molecule has 2 aromatic rings. The van der Waals surface area contributed by atoms with Gasteiger partial charge in [0.05, 0.1) is 5.69 Å². The Balaban J connectivity index is 1.25. The summed E-state index contributed by atoms with van der Waals surface area (Å²) in [6.45, 7) is 3.46. The Labute approximate surface area is 177 Å². The molecule has 3 aliphatic rings. The van der Waals surface area contributed by atoms with Gasteiger partial charge < -0.3 is 10.2 Å². The molecule has 1 N–H and O–H groups in total. The van der Waals surface area contributed by atoms with Gasteiger partial charge in [-0.25, -0.2) is 4.98 Å². The minimum atomic E-state index is 0.123. The van der Waals surface area contributed by atoms with E-state index in [1.807, 2.05) is 4.90 Å². The number of allylic oxidation sites excluding steroid dienone is 2. The summed E-state index contributed by atoms with van der Waals surface area (Å²) in [5, 5.41) is 5.68. The van der Waals surface area contributed by atoms with Crippen LogP contribution < -0.4 is 5.32 Å². The van der Waals surface area contributed by atoms with Crippen molar-refractivity contribution in [3.8, 4) is 0 Å². The molecule has 29 heavy (non-hydrogen) atoms. The summed E-state index contributed by atoms with van der Waals surface area (Å²) < 4.78 is 2.11. The fourth-order valence-corrected chi connectivity index (χ4v) is 6.23. The van der Waals surface area contributed by atoms with E-state index in [-0.39, 0.29) is 5.91 Å². The van der Waals surface area contributed by atoms with Crippen molar-refractivity contribution in [2.45, 2.75) is 57.9 Å². The number of rotatable bonds is 6. The number of likely N-dealkylation sites (tertiary alicyclic amines) is 1. The lowest BCUT2D eigenvalue weighted by Gasteiger charge is -2.24. The highest BCUT2D eigenvalue weighted by atomic mass is 32.1. The maximum absolute atomic E-state index is 13.3. The Bertz CT molecular complexity index is 877. The topological polar surface area (TPSA) is 49.6 Å². The molecule has 5 nitrogen and oxygen atoms in total. The first kappa shape index (κ1) is 19.3. The molecule has 6 heteroatoms. The Hall–Kier alpha value is -1.66. The van der Waals surface area contributed by atoms with Gasteiger partial charge in [0.15, 0.2) is 10.7 Å². The van der Waals surface area contributed by atoms with E-state index in [1.165, 1.54) is 38.5 Å². The van der Waals surface area contributed by atoms with Crippen LogP contribution in [-0.2, 0) is 6.54 Å². The highest BCUT2D eigenvalue weighted by Gasteiger charge is 2.34. The molecule has 156 valence electrons. The number of amides is 1. The van der Waals surface area contributed by atoms with E-state index < -0.39 is 0 Å². The first-order chi connectivity index (χ1) is 14.3. The number of carbonyl (C=O) groups excluding carboxylic acids is 1. The van der Waals surface area contributed by atoms with Crippen molar-refractivity contribution in [1.82, 2.24) is 19.6 Å². The maximum atomic E-state index is 13.3. The van der Waals surface area contributed by atoms with Crippen molar-refractivity contribution >= 4 is 22.2 Å². The largest absolute Gasteiger partial charge is 0.337 e. The van der Waals surface area contributed by atoms with Crippen molar-refractivity contribution < 1.29 is 4.79 Å². The summed E-state index contributed by atoms with van der Waals surface area (Å²) >= 11 is 1.61. The van der Waals surface area contributed by atoms with Gasteiger partial charge in [-0.2, -0.15) is 0 Å². The van der Waals surface area contributed by atoms with Crippen LogP contribution in [-0.4, -0.2) is 39.8 Å². The zero-order valence-electron chi connectivity index (χ0n) is 17.2. The molecule has 3 heterocycles. The highest BCUT2D eigenvalue weighted by Crippen LogP contribution is 2.44. The minimum Gasteiger partial charge on any atom is -0.337 e. The normalized spacial score (nSPS) is 26.9. The summed E-state index contributed by atoms with van der Waals surface area (Å²) in [4.78, 5) is 21.0. The quantitative estimate of drug-likeness (QED) is 0.562. The fourth-order valence-electron chi connectivity index (χ4n) is 5.49. The molecule has 2 bridgehead atoms. The Kier molecular flexibility index (Phi) is 5.73. The Morgan fingerprint density at radius 3 is 2.72 bits per heavy atom. The van der Waals surface area contributed by atoms with Crippen molar-refractivity contribution in [2.75, 3.05) is 19.6 Å². The van der Waals surface area contributed by atoms with Crippen LogP contribution in [0.2, 0.25) is 0 Å². The van der Waals surface area contributed by atoms with Gasteiger partial charge in [0.1, 0.15) is 0 Å². The lowest BCUT2D eigenvalue weighted by Crippen LogP contribution is -2.35. The van der Waals surface area contributed by atoms with Crippen LogP contribution in [0.3, 0.4) is 0 Å². The van der Waals surface area contributed by atoms with Crippen LogP contribution in [0.25, 0.3) is 4.96 Å². The van der Waals surface area contributed by atoms with Crippen molar-refractivity contribution in [3.05, 3.63) is 35.1 Å². The van der Waals surface area contributed by atoms with Gasteiger partial charge >= 0.3 is 0 Å². The number of imidazole rings is 1. The average molecular weight is 413 g/mol. The minimum absolute atomic E-state index is 0.123. The predicted molar refractivity (Wildman–Crippen MR) is 117 cm³/mol. The smallest absolute Gasteiger partial charge is 0.274 e. The Morgan fingerprint density at radius 1 is 1.14 bits per heavy atom. The second-order valence-electron chi connectivity index (χ2n) is 9.03. The number of nitrogens with zero attached hydrogens (tertiary/aromatic N) is 3. The summed E-state index contributed by atoms with van der Waals surface area (Å²) in [6.07, 6.45) is 16.8. The van der Waals surface area contributed by atoms with Crippen LogP contribution in [0.1, 0.15) is 67.5 Å². The summed E-state index contributed by atoms with van der Waals surface area (Å²) in [5.74, 6) is 2.61. The molecule has 3 atom stereocenters. The third kappa shape index (κ3) is 4.02. The molecular formula is C23H32N4OS. The fraction of sp³-hybridized carbons (Fsp3) is 0.652. The summed E-state index contributed by atoms with van der Waals surface area (Å²) in [6, 6.07) is 0. The van der Waals surface area contributed by atoms with Gasteiger partial charge in [-0.15, -0.1) is 11.3 Å². The molecule has 1 aliphatic heterocycles. The second-order valence-corrected chi connectivity index (χ2v) is 9.90. The number of hydrogen-bond donors (Lipinski definition) is 1. The number of nitrogens with one attached hydrogen (secondary N) is 1. The summed E-state index contributed by atoms with van der Waals surface area (Å²) in [5.41, 5.74) is 1.69. The molecule has 2 aromatic heterocycles. The van der Waals surface area contributed by atoms with Gasteiger partial charge in [-0.3, -0.25) is 9.20 Å². The van der Waals surface area contributed by atoms with E-state index in [0.29, 0.717) is 12.2 Å². The lowest BCUT2D eigenvalue weighted by atomic mass is 9.91. The zero-order chi connectivity index (χ0) is 19.6. The molecule has 0 unspecified atom stereocenters. The van der Waals surface area contributed by atoms with E-state index in [2.05, 4.69) is 33.4 Å². The van der Waals surface area contributed by atoms with Crippen LogP contribution in [0, 0.1) is 17.8 Å². The van der Waals surface area contributed by atoms with Crippen LogP contribution in [0.5, 0.6) is 0 Å². The molecule has 1 saturated carbocycles. The summed E-state index contributed by atoms with van der Waals surface area (Å²) in [7, 11) is 0. The van der Waals surface area contributed by atoms with Crippen LogP contribution in [0.4, 0.5) is 0 Å². The number of hydrogen-bond acceptors (Lipinski definition) is 4. The van der Waals surface area contributed by atoms with E-state index in [4.69, 9.17) is 4.98 Å². The molecule has 0 spiro atoms. The Morgan fingerprint density at radius 2 is 1.97 bits per heavy atom. The molecule has 2 fully saturated rings. The molecule has 0 radical (unpaired) electrons. The van der Waals surface area contributed by atoms with Crippen molar-refractivity contribution in [1.29, 1.82) is 0 Å². The molecule has 5 rings (SSSR count). The number of fused-ring (bicyclic) bond motifs is 3. The second kappa shape index (κ2) is 8.60. The maximum Gasteiger partial charge on any atom is 0.274 e. The molecule has 0 aromatic carbocycles. The number of thiazole rings is 1. The van der Waals surface area contributed by atoms with Gasteiger partial charge in [0, 0.05) is 31.2 Å². The van der Waals surface area contributed by atoms with Gasteiger partial charge in [0.2, 0.25) is 0 Å². The highest BCUT2D eigenvalue weighted by molar-refractivity contribution is 7.15. The van der Waals surface area contributed by atoms with Crippen LogP contribution in [0.15, 0.2) is 23.7 Å². The first-order valence-corrected chi connectivity index (χ1v) is 12.3. The SMILES string of the molecule is O=C(c1nc2sccn2c1CNCC[C@@H]1C[C@@H]2C=C[C@H]1C2)N1CCCCCCC1. The van der Waals surface area contributed by atoms with Gasteiger partial charge in [-0.05, 0) is 56.4 Å². The zero-order valence-corrected chi connectivity index (χ0v) is 18.0. The number of carbonyl (C=O) groups is 1. The lowest BCUT2D eigenvalue weighted by molar-refractivity contribution is 0.0735. The van der Waals surface area contributed by atoms with E-state index >= 15 is 0 Å². The van der Waals surface area contributed by atoms with E-state index in [0.717, 1.165) is 60.9 Å². The standard InChI is InChI=1S/C23H32N4OS/c28-22(26-10-4-2-1-3-5-11-26)21-20(27-12-13-29-23(27)25-21)16-24-9-8-19-15-17-6-7-18(19)14-17/h6-7,12-13,17-19,24H,1-5,8-11,14-16H2/t17-,18+,19-/m1/s1. The third-order valence-electron chi connectivity index (χ3n) is 7.11. The predicted octanol–water partition coefficient (Wildman–Crippen LogP) is 4.49. The first-order valence-electron chi connectivity index (χ1n) is 11.4. The van der Waals surface area contributed by atoms with Gasteiger partial charge in [0.25, 0.3) is 5.91 Å². The molecule has 1 amide bonds. The number of aromatic nitrogens is 2. The monoisotopic (exact) mass is 412 g/mol. The molecule has 1 saturated heterocycles. The molecular weight excluding hydrogens is 380 g/mol. The van der Waals surface area contributed by atoms with Crippen molar-refractivity contribution in [3.63, 3.8) is 0 Å².